The normalized spacial score (nSPS) is 16.5. The van der Waals surface area contributed by atoms with E-state index in [0.29, 0.717) is 24.7 Å². The van der Waals surface area contributed by atoms with Gasteiger partial charge in [0.1, 0.15) is 13.2 Å². The number of aryl methyl sites for hydroxylation is 2. The summed E-state index contributed by atoms with van der Waals surface area (Å²) in [6.07, 6.45) is 7.01. The van der Waals surface area contributed by atoms with Gasteiger partial charge < -0.3 is 19.5 Å². The fourth-order valence-electron chi connectivity index (χ4n) is 4.76. The van der Waals surface area contributed by atoms with Gasteiger partial charge in [-0.15, -0.1) is 0 Å². The van der Waals surface area contributed by atoms with Crippen molar-refractivity contribution in [2.75, 3.05) is 25.2 Å². The van der Waals surface area contributed by atoms with Gasteiger partial charge in [-0.1, -0.05) is 6.07 Å². The summed E-state index contributed by atoms with van der Waals surface area (Å²) in [5, 5.41) is 9.41. The number of anilines is 2. The van der Waals surface area contributed by atoms with Crippen LogP contribution in [0.4, 0.5) is 11.4 Å². The van der Waals surface area contributed by atoms with Crippen molar-refractivity contribution in [2.45, 2.75) is 31.6 Å². The van der Waals surface area contributed by atoms with Crippen molar-refractivity contribution in [1.29, 1.82) is 0 Å². The molecule has 3 aromatic rings. The first-order valence-corrected chi connectivity index (χ1v) is 11.0. The summed E-state index contributed by atoms with van der Waals surface area (Å²) in [5.74, 6) is 1.14. The lowest BCUT2D eigenvalue weighted by molar-refractivity contribution is 0.0695. The average Bonchev–Trinajstić information content (AvgIpc) is 3.24. The lowest BCUT2D eigenvalue weighted by Crippen LogP contribution is -2.16. The van der Waals surface area contributed by atoms with Crippen LogP contribution >= 0.6 is 0 Å². The van der Waals surface area contributed by atoms with E-state index >= 15 is 0 Å². The molecule has 2 aliphatic rings. The van der Waals surface area contributed by atoms with Crippen LogP contribution < -0.4 is 14.4 Å². The summed E-state index contributed by atoms with van der Waals surface area (Å²) >= 11 is 0. The molecule has 0 radical (unpaired) electrons. The van der Waals surface area contributed by atoms with E-state index in [-0.39, 0.29) is 0 Å². The molecule has 5 rings (SSSR count). The number of carboxylic acids is 1. The molecule has 0 unspecified atom stereocenters. The van der Waals surface area contributed by atoms with Crippen molar-refractivity contribution >= 4 is 17.3 Å². The number of hydrogen-bond acceptors (Lipinski definition) is 5. The van der Waals surface area contributed by atoms with Crippen molar-refractivity contribution in [3.8, 4) is 11.5 Å². The molecule has 0 saturated heterocycles. The van der Waals surface area contributed by atoms with Crippen LogP contribution in [0.25, 0.3) is 0 Å². The van der Waals surface area contributed by atoms with Crippen LogP contribution in [0.3, 0.4) is 0 Å². The van der Waals surface area contributed by atoms with Crippen LogP contribution in [0.15, 0.2) is 54.9 Å². The van der Waals surface area contributed by atoms with Gasteiger partial charge in [-0.05, 0) is 78.6 Å². The largest absolute Gasteiger partial charge is 0.486 e. The predicted octanol–water partition coefficient (Wildman–Crippen LogP) is 4.98. The number of carboxylic acid groups (broad SMARTS) is 1. The van der Waals surface area contributed by atoms with E-state index in [1.807, 2.05) is 12.1 Å². The van der Waals surface area contributed by atoms with Crippen molar-refractivity contribution < 1.29 is 19.4 Å². The molecule has 1 aliphatic carbocycles. The molecule has 1 N–H and O–H groups in total. The summed E-state index contributed by atoms with van der Waals surface area (Å²) < 4.78 is 11.4. The third-order valence-electron chi connectivity index (χ3n) is 6.53. The molecular weight excluding hydrogens is 404 g/mol. The summed E-state index contributed by atoms with van der Waals surface area (Å²) in [6.45, 7) is 1.17. The maximum atomic E-state index is 11.5. The fourth-order valence-corrected chi connectivity index (χ4v) is 4.76. The predicted molar refractivity (Wildman–Crippen MR) is 123 cm³/mol. The molecule has 0 bridgehead atoms. The number of rotatable bonds is 6. The third-order valence-corrected chi connectivity index (χ3v) is 6.53. The fraction of sp³-hybridized carbons (Fsp3) is 0.308. The molecule has 2 heterocycles. The number of carbonyl (C=O) groups is 1. The van der Waals surface area contributed by atoms with E-state index in [0.717, 1.165) is 54.1 Å². The molecule has 0 saturated carbocycles. The van der Waals surface area contributed by atoms with Crippen molar-refractivity contribution in [3.63, 3.8) is 0 Å². The Balaban J connectivity index is 1.31. The third kappa shape index (κ3) is 3.88. The standard InChI is InChI=1S/C26H26N2O4/c1-28(21-7-9-24-25(15-21)32-13-12-31-24)20-6-8-22-17(2-4-18(22)14-20)3-5-19-16-27-11-10-23(19)26(29)30/h6-11,14-17H,2-5,12-13H2,1H3,(H,29,30)/t17-/m0/s1. The highest BCUT2D eigenvalue weighted by atomic mass is 16.6. The Morgan fingerprint density at radius 1 is 1.09 bits per heavy atom. The second kappa shape index (κ2) is 8.54. The van der Waals surface area contributed by atoms with Gasteiger partial charge >= 0.3 is 5.97 Å². The number of pyridine rings is 1. The van der Waals surface area contributed by atoms with Gasteiger partial charge in [0.25, 0.3) is 0 Å². The molecule has 2 aromatic carbocycles. The summed E-state index contributed by atoms with van der Waals surface area (Å²) in [6, 6.07) is 14.3. The average molecular weight is 431 g/mol. The minimum Gasteiger partial charge on any atom is -0.486 e. The minimum absolute atomic E-state index is 0.356. The van der Waals surface area contributed by atoms with Crippen molar-refractivity contribution in [3.05, 3.63) is 77.1 Å². The van der Waals surface area contributed by atoms with Gasteiger partial charge in [0.2, 0.25) is 0 Å². The molecule has 1 aromatic heterocycles. The number of ether oxygens (including phenoxy) is 2. The van der Waals surface area contributed by atoms with E-state index in [9.17, 15) is 9.90 Å². The number of hydrogen-bond donors (Lipinski definition) is 1. The number of fused-ring (bicyclic) bond motifs is 2. The first kappa shape index (κ1) is 20.4. The van der Waals surface area contributed by atoms with Crippen LogP contribution in [0.5, 0.6) is 11.5 Å². The number of nitrogens with zero attached hydrogens (tertiary/aromatic N) is 2. The number of aromatic nitrogens is 1. The topological polar surface area (TPSA) is 71.9 Å². The lowest BCUT2D eigenvalue weighted by Gasteiger charge is -2.24. The van der Waals surface area contributed by atoms with Gasteiger partial charge in [0.15, 0.2) is 11.5 Å². The Labute approximate surface area is 187 Å². The zero-order valence-electron chi connectivity index (χ0n) is 18.1. The van der Waals surface area contributed by atoms with Crippen LogP contribution in [-0.2, 0) is 12.8 Å². The first-order valence-electron chi connectivity index (χ1n) is 11.0. The van der Waals surface area contributed by atoms with Crippen molar-refractivity contribution in [2.24, 2.45) is 0 Å². The lowest BCUT2D eigenvalue weighted by atomic mass is 9.93. The maximum absolute atomic E-state index is 11.5. The highest BCUT2D eigenvalue weighted by Crippen LogP contribution is 2.40. The van der Waals surface area contributed by atoms with E-state index < -0.39 is 5.97 Å². The Bertz CT molecular complexity index is 1160. The van der Waals surface area contributed by atoms with E-state index in [2.05, 4.69) is 41.2 Å². The molecule has 0 amide bonds. The molecule has 1 atom stereocenters. The van der Waals surface area contributed by atoms with Gasteiger partial charge in [0.05, 0.1) is 5.56 Å². The van der Waals surface area contributed by atoms with Gasteiger partial charge in [-0.3, -0.25) is 4.98 Å². The Kier molecular flexibility index (Phi) is 5.43. The van der Waals surface area contributed by atoms with Crippen LogP contribution in [0.2, 0.25) is 0 Å². The van der Waals surface area contributed by atoms with Crippen LogP contribution in [0, 0.1) is 0 Å². The minimum atomic E-state index is -0.888. The SMILES string of the molecule is CN(c1ccc2c(c1)CC[C@H]2CCc1cnccc1C(=O)O)c1ccc2c(c1)OCCO2. The number of aromatic carboxylic acids is 1. The Hall–Kier alpha value is -3.54. The van der Waals surface area contributed by atoms with E-state index in [1.165, 1.54) is 17.3 Å². The van der Waals surface area contributed by atoms with Gasteiger partial charge in [-0.2, -0.15) is 0 Å². The first-order chi connectivity index (χ1) is 15.6. The highest BCUT2D eigenvalue weighted by molar-refractivity contribution is 5.89. The maximum Gasteiger partial charge on any atom is 0.336 e. The smallest absolute Gasteiger partial charge is 0.336 e. The summed E-state index contributed by atoms with van der Waals surface area (Å²) in [5.41, 5.74) is 6.12. The molecule has 1 aliphatic heterocycles. The molecule has 32 heavy (non-hydrogen) atoms. The summed E-state index contributed by atoms with van der Waals surface area (Å²) in [4.78, 5) is 17.8. The Morgan fingerprint density at radius 3 is 2.72 bits per heavy atom. The van der Waals surface area contributed by atoms with Gasteiger partial charge in [0, 0.05) is 36.9 Å². The van der Waals surface area contributed by atoms with Gasteiger partial charge in [-0.25, -0.2) is 4.79 Å². The van der Waals surface area contributed by atoms with Crippen LogP contribution in [0.1, 0.15) is 45.8 Å². The molecule has 6 nitrogen and oxygen atoms in total. The second-order valence-corrected chi connectivity index (χ2v) is 8.38. The van der Waals surface area contributed by atoms with E-state index in [4.69, 9.17) is 9.47 Å². The van der Waals surface area contributed by atoms with Crippen molar-refractivity contribution in [1.82, 2.24) is 4.98 Å². The molecule has 164 valence electrons. The van der Waals surface area contributed by atoms with Crippen LogP contribution in [-0.4, -0.2) is 36.3 Å². The van der Waals surface area contributed by atoms with E-state index in [1.54, 1.807) is 12.3 Å². The molecular formula is C26H26N2O4. The zero-order valence-corrected chi connectivity index (χ0v) is 18.1. The number of benzene rings is 2. The molecule has 0 fully saturated rings. The zero-order chi connectivity index (χ0) is 22.1. The highest BCUT2D eigenvalue weighted by Gasteiger charge is 2.24. The summed E-state index contributed by atoms with van der Waals surface area (Å²) in [7, 11) is 2.06. The second-order valence-electron chi connectivity index (χ2n) is 8.38. The molecule has 6 heteroatoms. The molecule has 0 spiro atoms. The Morgan fingerprint density at radius 2 is 1.88 bits per heavy atom. The monoisotopic (exact) mass is 430 g/mol. The quantitative estimate of drug-likeness (QED) is 0.595.